The lowest BCUT2D eigenvalue weighted by Gasteiger charge is -2.10. The molecule has 1 aliphatic heterocycles. The van der Waals surface area contributed by atoms with Crippen LogP contribution in [-0.2, 0) is 4.79 Å². The standard InChI is InChI=1S/C8H11N3OS/c12-8-3-6(9-1-2-10-8)7-4-13-5-11-7/h4-6,9H,1-3H2,(H,10,12). The van der Waals surface area contributed by atoms with Crippen molar-refractivity contribution < 1.29 is 4.79 Å². The third-order valence-corrected chi connectivity index (χ3v) is 2.64. The van der Waals surface area contributed by atoms with Crippen LogP contribution in [0.4, 0.5) is 0 Å². The lowest BCUT2D eigenvalue weighted by atomic mass is 10.1. The third kappa shape index (κ3) is 2.05. The summed E-state index contributed by atoms with van der Waals surface area (Å²) in [6, 6.07) is 0.0914. The van der Waals surface area contributed by atoms with Gasteiger partial charge in [-0.3, -0.25) is 4.79 Å². The Morgan fingerprint density at radius 3 is 3.23 bits per heavy atom. The van der Waals surface area contributed by atoms with Gasteiger partial charge in [-0.1, -0.05) is 0 Å². The first-order chi connectivity index (χ1) is 6.36. The van der Waals surface area contributed by atoms with Crippen LogP contribution in [0.15, 0.2) is 10.9 Å². The molecule has 0 aliphatic carbocycles. The van der Waals surface area contributed by atoms with Crippen molar-refractivity contribution in [1.29, 1.82) is 0 Å². The van der Waals surface area contributed by atoms with Gasteiger partial charge < -0.3 is 10.6 Å². The molecule has 1 aliphatic rings. The predicted octanol–water partition coefficient (Wildman–Crippen LogP) is 0.294. The summed E-state index contributed by atoms with van der Waals surface area (Å²) in [5.74, 6) is 0.100. The number of aromatic nitrogens is 1. The number of amides is 1. The van der Waals surface area contributed by atoms with E-state index >= 15 is 0 Å². The summed E-state index contributed by atoms with van der Waals surface area (Å²) in [6.45, 7) is 1.52. The zero-order chi connectivity index (χ0) is 9.10. The molecule has 1 aromatic rings. The van der Waals surface area contributed by atoms with Gasteiger partial charge >= 0.3 is 0 Å². The van der Waals surface area contributed by atoms with Crippen molar-refractivity contribution in [3.8, 4) is 0 Å². The Balaban J connectivity index is 2.09. The van der Waals surface area contributed by atoms with Gasteiger partial charge in [0.15, 0.2) is 0 Å². The van der Waals surface area contributed by atoms with Gasteiger partial charge in [0.2, 0.25) is 5.91 Å². The van der Waals surface area contributed by atoms with E-state index in [1.165, 1.54) is 0 Å². The number of thiazole rings is 1. The maximum Gasteiger partial charge on any atom is 0.222 e. The van der Waals surface area contributed by atoms with Crippen LogP contribution in [0.5, 0.6) is 0 Å². The van der Waals surface area contributed by atoms with Crippen LogP contribution in [-0.4, -0.2) is 24.0 Å². The number of hydrogen-bond donors (Lipinski definition) is 2. The fourth-order valence-electron chi connectivity index (χ4n) is 1.38. The second-order valence-corrected chi connectivity index (χ2v) is 3.69. The first kappa shape index (κ1) is 8.65. The first-order valence-electron chi connectivity index (χ1n) is 4.24. The molecular formula is C8H11N3OS. The summed E-state index contributed by atoms with van der Waals surface area (Å²) >= 11 is 1.56. The van der Waals surface area contributed by atoms with E-state index in [9.17, 15) is 4.79 Å². The highest BCUT2D eigenvalue weighted by atomic mass is 32.1. The Kier molecular flexibility index (Phi) is 2.56. The summed E-state index contributed by atoms with van der Waals surface area (Å²) in [4.78, 5) is 15.4. The Morgan fingerprint density at radius 1 is 1.54 bits per heavy atom. The van der Waals surface area contributed by atoms with Crippen LogP contribution in [0, 0.1) is 0 Å². The number of hydrogen-bond acceptors (Lipinski definition) is 4. The van der Waals surface area contributed by atoms with Gasteiger partial charge in [-0.25, -0.2) is 4.98 Å². The van der Waals surface area contributed by atoms with Crippen molar-refractivity contribution in [1.82, 2.24) is 15.6 Å². The number of carbonyl (C=O) groups is 1. The van der Waals surface area contributed by atoms with E-state index in [1.807, 2.05) is 5.38 Å². The SMILES string of the molecule is O=C1CC(c2cscn2)NCCN1. The molecule has 1 atom stereocenters. The van der Waals surface area contributed by atoms with Gasteiger partial charge in [-0.2, -0.15) is 0 Å². The Hall–Kier alpha value is -0.940. The molecule has 4 nitrogen and oxygen atoms in total. The average Bonchev–Trinajstić information content (AvgIpc) is 2.56. The normalized spacial score (nSPS) is 23.7. The van der Waals surface area contributed by atoms with Crippen molar-refractivity contribution in [3.63, 3.8) is 0 Å². The van der Waals surface area contributed by atoms with Crippen molar-refractivity contribution in [2.24, 2.45) is 0 Å². The summed E-state index contributed by atoms with van der Waals surface area (Å²) in [7, 11) is 0. The minimum atomic E-state index is 0.0914. The van der Waals surface area contributed by atoms with Crippen molar-refractivity contribution in [3.05, 3.63) is 16.6 Å². The van der Waals surface area contributed by atoms with Crippen LogP contribution in [0.3, 0.4) is 0 Å². The predicted molar refractivity (Wildman–Crippen MR) is 50.5 cm³/mol. The maximum absolute atomic E-state index is 11.2. The van der Waals surface area contributed by atoms with Crippen LogP contribution in [0.1, 0.15) is 18.2 Å². The highest BCUT2D eigenvalue weighted by molar-refractivity contribution is 7.07. The monoisotopic (exact) mass is 197 g/mol. The summed E-state index contributed by atoms with van der Waals surface area (Å²) in [5, 5.41) is 8.07. The van der Waals surface area contributed by atoms with Gasteiger partial charge in [-0.15, -0.1) is 11.3 Å². The second kappa shape index (κ2) is 3.85. The molecule has 0 aromatic carbocycles. The fraction of sp³-hybridized carbons (Fsp3) is 0.500. The molecule has 2 rings (SSSR count). The van der Waals surface area contributed by atoms with Gasteiger partial charge in [0, 0.05) is 24.9 Å². The molecule has 1 amide bonds. The number of nitrogens with one attached hydrogen (secondary N) is 2. The molecule has 0 saturated carbocycles. The summed E-state index contributed by atoms with van der Waals surface area (Å²) in [5.41, 5.74) is 2.77. The Bertz CT molecular complexity index is 286. The third-order valence-electron chi connectivity index (χ3n) is 2.04. The lowest BCUT2D eigenvalue weighted by Crippen LogP contribution is -2.24. The summed E-state index contributed by atoms with van der Waals surface area (Å²) in [6.07, 6.45) is 0.490. The molecule has 2 heterocycles. The molecule has 70 valence electrons. The number of rotatable bonds is 1. The molecule has 2 N–H and O–H groups in total. The maximum atomic E-state index is 11.2. The smallest absolute Gasteiger partial charge is 0.222 e. The molecule has 13 heavy (non-hydrogen) atoms. The van der Waals surface area contributed by atoms with Crippen molar-refractivity contribution in [2.45, 2.75) is 12.5 Å². The molecule has 0 spiro atoms. The van der Waals surface area contributed by atoms with E-state index in [-0.39, 0.29) is 11.9 Å². The minimum Gasteiger partial charge on any atom is -0.355 e. The zero-order valence-corrected chi connectivity index (χ0v) is 7.93. The van der Waals surface area contributed by atoms with Gasteiger partial charge in [0.25, 0.3) is 0 Å². The van der Waals surface area contributed by atoms with Crippen LogP contribution < -0.4 is 10.6 Å². The molecular weight excluding hydrogens is 186 g/mol. The molecule has 1 aromatic heterocycles. The summed E-state index contributed by atoms with van der Waals surface area (Å²) < 4.78 is 0. The topological polar surface area (TPSA) is 54.0 Å². The lowest BCUT2D eigenvalue weighted by molar-refractivity contribution is -0.121. The van der Waals surface area contributed by atoms with E-state index in [0.29, 0.717) is 13.0 Å². The van der Waals surface area contributed by atoms with Crippen molar-refractivity contribution >= 4 is 17.2 Å². The van der Waals surface area contributed by atoms with Crippen LogP contribution in [0.2, 0.25) is 0 Å². The molecule has 1 saturated heterocycles. The van der Waals surface area contributed by atoms with Crippen LogP contribution in [0.25, 0.3) is 0 Å². The fourth-order valence-corrected chi connectivity index (χ4v) is 1.99. The van der Waals surface area contributed by atoms with Crippen LogP contribution >= 0.6 is 11.3 Å². The van der Waals surface area contributed by atoms with Gasteiger partial charge in [0.1, 0.15) is 0 Å². The average molecular weight is 197 g/mol. The molecule has 0 radical (unpaired) electrons. The molecule has 0 bridgehead atoms. The second-order valence-electron chi connectivity index (χ2n) is 2.97. The minimum absolute atomic E-state index is 0.0914. The highest BCUT2D eigenvalue weighted by Gasteiger charge is 2.19. The Morgan fingerprint density at radius 2 is 2.46 bits per heavy atom. The van der Waals surface area contributed by atoms with E-state index in [1.54, 1.807) is 16.8 Å². The number of nitrogens with zero attached hydrogens (tertiary/aromatic N) is 1. The molecule has 1 fully saturated rings. The molecule has 1 unspecified atom stereocenters. The van der Waals surface area contributed by atoms with E-state index in [4.69, 9.17) is 0 Å². The van der Waals surface area contributed by atoms with Gasteiger partial charge in [-0.05, 0) is 0 Å². The first-order valence-corrected chi connectivity index (χ1v) is 5.19. The highest BCUT2D eigenvalue weighted by Crippen LogP contribution is 2.17. The van der Waals surface area contributed by atoms with E-state index in [0.717, 1.165) is 12.2 Å². The van der Waals surface area contributed by atoms with E-state index in [2.05, 4.69) is 15.6 Å². The Labute approximate surface area is 80.4 Å². The van der Waals surface area contributed by atoms with Crippen molar-refractivity contribution in [2.75, 3.05) is 13.1 Å². The number of carbonyl (C=O) groups excluding carboxylic acids is 1. The molecule has 5 heteroatoms. The largest absolute Gasteiger partial charge is 0.355 e. The quantitative estimate of drug-likeness (QED) is 0.680. The zero-order valence-electron chi connectivity index (χ0n) is 7.12. The van der Waals surface area contributed by atoms with E-state index < -0.39 is 0 Å². The van der Waals surface area contributed by atoms with Gasteiger partial charge in [0.05, 0.1) is 17.2 Å².